The number of rotatable bonds is 3. The molecule has 0 N–H and O–H groups in total. The number of nitrogens with zero attached hydrogens (tertiary/aromatic N) is 1. The molecule has 3 heteroatoms. The molecule has 27 heavy (non-hydrogen) atoms. The second-order valence-electron chi connectivity index (χ2n) is 7.95. The van der Waals surface area contributed by atoms with Crippen molar-refractivity contribution >= 4 is 5.69 Å². The first-order valence-electron chi connectivity index (χ1n) is 9.30. The fourth-order valence-corrected chi connectivity index (χ4v) is 3.04. The summed E-state index contributed by atoms with van der Waals surface area (Å²) in [6.45, 7) is 8.15. The number of benzene rings is 3. The van der Waals surface area contributed by atoms with E-state index in [1.54, 1.807) is 0 Å². The summed E-state index contributed by atoms with van der Waals surface area (Å²) in [6, 6.07) is 27.3. The van der Waals surface area contributed by atoms with Crippen LogP contribution in [0.15, 0.2) is 78.9 Å². The summed E-state index contributed by atoms with van der Waals surface area (Å²) in [4.78, 5) is 12.0. The molecule has 0 saturated carbocycles. The van der Waals surface area contributed by atoms with Gasteiger partial charge in [0, 0.05) is 0 Å². The van der Waals surface area contributed by atoms with Crippen molar-refractivity contribution in [1.82, 2.24) is 0 Å². The van der Waals surface area contributed by atoms with Gasteiger partial charge in [0.05, 0.1) is 5.69 Å². The smallest absolute Gasteiger partial charge is 0.124 e. The minimum absolute atomic E-state index is 0.393. The van der Waals surface area contributed by atoms with Crippen LogP contribution in [0.25, 0.3) is 22.3 Å². The van der Waals surface area contributed by atoms with Crippen molar-refractivity contribution in [2.75, 3.05) is 5.23 Å². The molecule has 1 fully saturated rings. The van der Waals surface area contributed by atoms with E-state index in [-0.39, 0.29) is 0 Å². The molecule has 3 aromatic carbocycles. The van der Waals surface area contributed by atoms with E-state index >= 15 is 0 Å². The predicted octanol–water partition coefficient (Wildman–Crippen LogP) is 6.26. The van der Waals surface area contributed by atoms with E-state index < -0.39 is 11.2 Å². The quantitative estimate of drug-likeness (QED) is 0.551. The molecule has 0 aliphatic carbocycles. The molecule has 0 bridgehead atoms. The van der Waals surface area contributed by atoms with Gasteiger partial charge in [-0.1, -0.05) is 60.7 Å². The van der Waals surface area contributed by atoms with Crippen molar-refractivity contribution in [3.05, 3.63) is 78.9 Å². The summed E-state index contributed by atoms with van der Waals surface area (Å²) < 4.78 is 0. The molecule has 0 atom stereocenters. The maximum atomic E-state index is 5.98. The van der Waals surface area contributed by atoms with Crippen LogP contribution in [0.4, 0.5) is 5.69 Å². The van der Waals surface area contributed by atoms with E-state index in [9.17, 15) is 0 Å². The predicted molar refractivity (Wildman–Crippen MR) is 110 cm³/mol. The Morgan fingerprint density at radius 3 is 1.59 bits per heavy atom. The van der Waals surface area contributed by atoms with Crippen LogP contribution >= 0.6 is 0 Å². The standard InChI is InChI=1S/C24H25NO2/c1-23(2)24(3,4)27-25(26-23)22-15-13-19(14-16-22)21-12-8-11-20(17-21)18-9-6-5-7-10-18/h5-17H,1-4H3. The zero-order chi connectivity index (χ0) is 19.1. The summed E-state index contributed by atoms with van der Waals surface area (Å²) in [5.74, 6) is 0. The molecule has 3 nitrogen and oxygen atoms in total. The summed E-state index contributed by atoms with van der Waals surface area (Å²) in [7, 11) is 0. The van der Waals surface area contributed by atoms with Gasteiger partial charge in [-0.3, -0.25) is 0 Å². The highest BCUT2D eigenvalue weighted by atomic mass is 17.0. The Morgan fingerprint density at radius 2 is 1.04 bits per heavy atom. The second kappa shape index (κ2) is 6.52. The van der Waals surface area contributed by atoms with Crippen molar-refractivity contribution in [2.24, 2.45) is 0 Å². The third-order valence-electron chi connectivity index (χ3n) is 5.45. The molecule has 0 unspecified atom stereocenters. The second-order valence-corrected chi connectivity index (χ2v) is 7.95. The molecule has 1 saturated heterocycles. The first-order valence-corrected chi connectivity index (χ1v) is 9.30. The molecule has 0 aromatic heterocycles. The largest absolute Gasteiger partial charge is 0.239 e. The Hall–Kier alpha value is -2.62. The van der Waals surface area contributed by atoms with Crippen LogP contribution in [0.1, 0.15) is 27.7 Å². The van der Waals surface area contributed by atoms with Gasteiger partial charge in [0.2, 0.25) is 0 Å². The van der Waals surface area contributed by atoms with Gasteiger partial charge in [0.25, 0.3) is 0 Å². The Labute approximate surface area is 161 Å². The van der Waals surface area contributed by atoms with Crippen LogP contribution in [-0.4, -0.2) is 11.2 Å². The highest BCUT2D eigenvalue weighted by Crippen LogP contribution is 2.40. The van der Waals surface area contributed by atoms with Crippen LogP contribution in [0.2, 0.25) is 0 Å². The lowest BCUT2D eigenvalue weighted by molar-refractivity contribution is -0.0272. The average molecular weight is 359 g/mol. The van der Waals surface area contributed by atoms with Crippen LogP contribution in [0.3, 0.4) is 0 Å². The summed E-state index contributed by atoms with van der Waals surface area (Å²) in [5.41, 5.74) is 4.88. The van der Waals surface area contributed by atoms with E-state index in [1.165, 1.54) is 21.9 Å². The number of hydrogen-bond acceptors (Lipinski definition) is 3. The van der Waals surface area contributed by atoms with Crippen molar-refractivity contribution in [1.29, 1.82) is 0 Å². The third-order valence-corrected chi connectivity index (χ3v) is 5.45. The van der Waals surface area contributed by atoms with Crippen molar-refractivity contribution in [3.63, 3.8) is 0 Å². The number of anilines is 1. The van der Waals surface area contributed by atoms with E-state index in [1.807, 2.05) is 45.9 Å². The van der Waals surface area contributed by atoms with Crippen LogP contribution in [-0.2, 0) is 9.68 Å². The fourth-order valence-electron chi connectivity index (χ4n) is 3.04. The normalized spacial score (nSPS) is 17.9. The fraction of sp³-hybridized carbons (Fsp3) is 0.250. The lowest BCUT2D eigenvalue weighted by Crippen LogP contribution is -2.41. The topological polar surface area (TPSA) is 21.7 Å². The van der Waals surface area contributed by atoms with Gasteiger partial charge in [-0.15, -0.1) is 5.23 Å². The maximum absolute atomic E-state index is 5.98. The lowest BCUT2D eigenvalue weighted by Gasteiger charge is -2.26. The monoisotopic (exact) mass is 359 g/mol. The molecule has 4 rings (SSSR count). The Kier molecular flexibility index (Phi) is 4.29. The van der Waals surface area contributed by atoms with Crippen molar-refractivity contribution in [2.45, 2.75) is 38.9 Å². The van der Waals surface area contributed by atoms with Crippen molar-refractivity contribution in [3.8, 4) is 22.3 Å². The van der Waals surface area contributed by atoms with Gasteiger partial charge in [-0.25, -0.2) is 9.68 Å². The first-order chi connectivity index (χ1) is 12.9. The maximum Gasteiger partial charge on any atom is 0.124 e. The van der Waals surface area contributed by atoms with Gasteiger partial charge in [0.1, 0.15) is 11.2 Å². The molecule has 0 spiro atoms. The molecule has 1 aliphatic heterocycles. The summed E-state index contributed by atoms with van der Waals surface area (Å²) in [5, 5.41) is 1.53. The highest BCUT2D eigenvalue weighted by molar-refractivity contribution is 5.73. The molecule has 0 amide bonds. The van der Waals surface area contributed by atoms with Gasteiger partial charge in [-0.2, -0.15) is 0 Å². The molecular weight excluding hydrogens is 334 g/mol. The van der Waals surface area contributed by atoms with E-state index in [0.29, 0.717) is 0 Å². The SMILES string of the molecule is CC1(C)ON(c2ccc(-c3cccc(-c4ccccc4)c3)cc2)OC1(C)C. The molecule has 3 aromatic rings. The summed E-state index contributed by atoms with van der Waals surface area (Å²) in [6.07, 6.45) is 0. The third kappa shape index (κ3) is 3.36. The number of hydrogen-bond donors (Lipinski definition) is 0. The zero-order valence-electron chi connectivity index (χ0n) is 16.3. The van der Waals surface area contributed by atoms with E-state index in [2.05, 4.69) is 60.7 Å². The van der Waals surface area contributed by atoms with Gasteiger partial charge < -0.3 is 0 Å². The molecule has 1 heterocycles. The van der Waals surface area contributed by atoms with Crippen molar-refractivity contribution < 1.29 is 9.68 Å². The minimum Gasteiger partial charge on any atom is -0.239 e. The summed E-state index contributed by atoms with van der Waals surface area (Å²) >= 11 is 0. The van der Waals surface area contributed by atoms with Crippen LogP contribution < -0.4 is 5.23 Å². The lowest BCUT2D eigenvalue weighted by atomic mass is 9.90. The van der Waals surface area contributed by atoms with Gasteiger partial charge in [-0.05, 0) is 68.1 Å². The van der Waals surface area contributed by atoms with Crippen LogP contribution in [0.5, 0.6) is 0 Å². The average Bonchev–Trinajstić information content (AvgIpc) is 2.90. The van der Waals surface area contributed by atoms with Gasteiger partial charge in [0.15, 0.2) is 0 Å². The highest BCUT2D eigenvalue weighted by Gasteiger charge is 2.50. The Balaban J connectivity index is 1.59. The van der Waals surface area contributed by atoms with E-state index in [4.69, 9.17) is 9.68 Å². The van der Waals surface area contributed by atoms with Crippen LogP contribution in [0, 0.1) is 0 Å². The van der Waals surface area contributed by atoms with E-state index in [0.717, 1.165) is 11.3 Å². The molecule has 138 valence electrons. The Bertz CT molecular complexity index is 914. The molecular formula is C24H25NO2. The Morgan fingerprint density at radius 1 is 0.556 bits per heavy atom. The molecule has 0 radical (unpaired) electrons. The van der Waals surface area contributed by atoms with Gasteiger partial charge >= 0.3 is 0 Å². The zero-order valence-corrected chi connectivity index (χ0v) is 16.3. The first kappa shape index (κ1) is 17.8. The molecule has 1 aliphatic rings. The minimum atomic E-state index is -0.393.